The molecule has 1 aromatic rings. The van der Waals surface area contributed by atoms with Crippen molar-refractivity contribution in [2.75, 3.05) is 33.7 Å². The van der Waals surface area contributed by atoms with Crippen LogP contribution in [-0.4, -0.2) is 53.5 Å². The summed E-state index contributed by atoms with van der Waals surface area (Å²) in [5, 5.41) is 0. The number of piperazine rings is 1. The number of aromatic amines is 1. The highest BCUT2D eigenvalue weighted by Gasteiger charge is 2.26. The highest BCUT2D eigenvalue weighted by atomic mass is 19.1. The lowest BCUT2D eigenvalue weighted by Crippen LogP contribution is -2.46. The van der Waals surface area contributed by atoms with Gasteiger partial charge >= 0.3 is 0 Å². The van der Waals surface area contributed by atoms with Crippen LogP contribution in [0.1, 0.15) is 17.6 Å². The molecule has 5 nitrogen and oxygen atoms in total. The molecule has 94 valence electrons. The van der Waals surface area contributed by atoms with Gasteiger partial charge in [0.1, 0.15) is 5.82 Å². The van der Waals surface area contributed by atoms with Crippen molar-refractivity contribution in [3.63, 3.8) is 0 Å². The van der Waals surface area contributed by atoms with E-state index in [0.717, 1.165) is 19.6 Å². The third-order valence-corrected chi connectivity index (χ3v) is 3.21. The molecule has 17 heavy (non-hydrogen) atoms. The molecule has 0 amide bonds. The number of rotatable bonds is 1. The first-order valence-corrected chi connectivity index (χ1v) is 5.64. The summed E-state index contributed by atoms with van der Waals surface area (Å²) in [6, 6.07) is 0.0146. The maximum Gasteiger partial charge on any atom is 0.287 e. The zero-order valence-corrected chi connectivity index (χ0v) is 10.3. The van der Waals surface area contributed by atoms with Crippen LogP contribution in [0.2, 0.25) is 0 Å². The number of hydrogen-bond acceptors (Lipinski definition) is 4. The van der Waals surface area contributed by atoms with Gasteiger partial charge in [0, 0.05) is 19.6 Å². The molecule has 6 heteroatoms. The summed E-state index contributed by atoms with van der Waals surface area (Å²) < 4.78 is 13.2. The van der Waals surface area contributed by atoms with Gasteiger partial charge in [0.15, 0.2) is 0 Å². The number of aromatic nitrogens is 2. The van der Waals surface area contributed by atoms with E-state index in [1.54, 1.807) is 0 Å². The van der Waals surface area contributed by atoms with Crippen molar-refractivity contribution < 1.29 is 4.39 Å². The lowest BCUT2D eigenvalue weighted by atomic mass is 10.1. The molecule has 0 spiro atoms. The third-order valence-electron chi connectivity index (χ3n) is 3.21. The fourth-order valence-corrected chi connectivity index (χ4v) is 2.06. The number of hydrogen-bond donors (Lipinski definition) is 1. The Morgan fingerprint density at radius 2 is 2.12 bits per heavy atom. The smallest absolute Gasteiger partial charge is 0.287 e. The number of nitrogens with zero attached hydrogens (tertiary/aromatic N) is 3. The molecule has 2 heterocycles. The van der Waals surface area contributed by atoms with Gasteiger partial charge in [-0.1, -0.05) is 0 Å². The van der Waals surface area contributed by atoms with E-state index in [1.165, 1.54) is 6.92 Å². The number of halogens is 1. The van der Waals surface area contributed by atoms with E-state index in [0.29, 0.717) is 5.82 Å². The summed E-state index contributed by atoms with van der Waals surface area (Å²) in [7, 11) is 4.00. The molecule has 1 fully saturated rings. The van der Waals surface area contributed by atoms with Crippen molar-refractivity contribution in [3.8, 4) is 0 Å². The number of aryl methyl sites for hydroxylation is 1. The largest absolute Gasteiger partial charge is 0.307 e. The van der Waals surface area contributed by atoms with Crippen LogP contribution in [-0.2, 0) is 0 Å². The Morgan fingerprint density at radius 1 is 1.41 bits per heavy atom. The second-order valence-electron chi connectivity index (χ2n) is 4.61. The van der Waals surface area contributed by atoms with Crippen LogP contribution >= 0.6 is 0 Å². The van der Waals surface area contributed by atoms with Crippen LogP contribution in [0.15, 0.2) is 4.79 Å². The Kier molecular flexibility index (Phi) is 3.26. The monoisotopic (exact) mass is 240 g/mol. The minimum absolute atomic E-state index is 0.0146. The van der Waals surface area contributed by atoms with Gasteiger partial charge in [0.05, 0.1) is 11.7 Å². The molecule has 0 bridgehead atoms. The lowest BCUT2D eigenvalue weighted by molar-refractivity contribution is 0.109. The average Bonchev–Trinajstić information content (AvgIpc) is 2.28. The second kappa shape index (κ2) is 4.54. The van der Waals surface area contributed by atoms with Gasteiger partial charge in [-0.2, -0.15) is 4.39 Å². The zero-order chi connectivity index (χ0) is 12.6. The van der Waals surface area contributed by atoms with Crippen LogP contribution < -0.4 is 5.56 Å². The summed E-state index contributed by atoms with van der Waals surface area (Å²) in [5.41, 5.74) is -0.528. The second-order valence-corrected chi connectivity index (χ2v) is 4.61. The molecule has 1 unspecified atom stereocenters. The maximum atomic E-state index is 13.2. The van der Waals surface area contributed by atoms with E-state index in [-0.39, 0.29) is 11.7 Å². The van der Waals surface area contributed by atoms with Crippen molar-refractivity contribution in [3.05, 3.63) is 27.7 Å². The first-order chi connectivity index (χ1) is 7.99. The van der Waals surface area contributed by atoms with Crippen molar-refractivity contribution in [1.82, 2.24) is 19.8 Å². The SMILES string of the molecule is Cc1nc(C2CN(C)CCN2C)[nH]c(=O)c1F. The van der Waals surface area contributed by atoms with Crippen LogP contribution in [0.3, 0.4) is 0 Å². The van der Waals surface area contributed by atoms with Gasteiger partial charge in [0.2, 0.25) is 5.82 Å². The highest BCUT2D eigenvalue weighted by Crippen LogP contribution is 2.19. The van der Waals surface area contributed by atoms with Crippen molar-refractivity contribution >= 4 is 0 Å². The first kappa shape index (κ1) is 12.2. The van der Waals surface area contributed by atoms with Crippen molar-refractivity contribution in [1.29, 1.82) is 0 Å². The summed E-state index contributed by atoms with van der Waals surface area (Å²) in [5.74, 6) is -0.247. The van der Waals surface area contributed by atoms with E-state index < -0.39 is 11.4 Å². The van der Waals surface area contributed by atoms with Gasteiger partial charge in [-0.15, -0.1) is 0 Å². The van der Waals surface area contributed by atoms with Crippen LogP contribution in [0.25, 0.3) is 0 Å². The number of H-pyrrole nitrogens is 1. The average molecular weight is 240 g/mol. The molecule has 1 saturated heterocycles. The summed E-state index contributed by atoms with van der Waals surface area (Å²) >= 11 is 0. The number of likely N-dealkylation sites (N-methyl/N-ethyl adjacent to an activating group) is 2. The summed E-state index contributed by atoms with van der Waals surface area (Å²) in [4.78, 5) is 22.3. The highest BCUT2D eigenvalue weighted by molar-refractivity contribution is 5.07. The van der Waals surface area contributed by atoms with Crippen LogP contribution in [0.4, 0.5) is 4.39 Å². The molecule has 1 aromatic heterocycles. The topological polar surface area (TPSA) is 52.2 Å². The van der Waals surface area contributed by atoms with Crippen molar-refractivity contribution in [2.24, 2.45) is 0 Å². The fraction of sp³-hybridized carbons (Fsp3) is 0.636. The molecule has 0 aliphatic carbocycles. The summed E-state index contributed by atoms with van der Waals surface area (Å²) in [6.07, 6.45) is 0. The molecule has 1 atom stereocenters. The van der Waals surface area contributed by atoms with Crippen LogP contribution in [0.5, 0.6) is 0 Å². The molecule has 0 saturated carbocycles. The van der Waals surface area contributed by atoms with Gasteiger partial charge < -0.3 is 9.88 Å². The van der Waals surface area contributed by atoms with Gasteiger partial charge in [-0.05, 0) is 21.0 Å². The molecule has 1 N–H and O–H groups in total. The van der Waals surface area contributed by atoms with Gasteiger partial charge in [0.25, 0.3) is 5.56 Å². The Labute approximate surface area is 99.3 Å². The number of nitrogens with one attached hydrogen (secondary N) is 1. The standard InChI is InChI=1S/C11H17FN4O/c1-7-9(12)11(17)14-10(13-7)8-6-15(2)4-5-16(8)3/h8H,4-6H2,1-3H3,(H,13,14,17). The van der Waals surface area contributed by atoms with E-state index in [1.807, 2.05) is 14.1 Å². The first-order valence-electron chi connectivity index (χ1n) is 5.64. The fourth-order valence-electron chi connectivity index (χ4n) is 2.06. The molecular weight excluding hydrogens is 223 g/mol. The maximum absolute atomic E-state index is 13.2. The molecular formula is C11H17FN4O. The van der Waals surface area contributed by atoms with Gasteiger partial charge in [-0.25, -0.2) is 4.98 Å². The Balaban J connectivity index is 2.36. The Morgan fingerprint density at radius 3 is 2.76 bits per heavy atom. The normalized spacial score (nSPS) is 22.9. The minimum Gasteiger partial charge on any atom is -0.307 e. The van der Waals surface area contributed by atoms with E-state index in [2.05, 4.69) is 19.8 Å². The predicted octanol–water partition coefficient (Wildman–Crippen LogP) is 0.136. The minimum atomic E-state index is -0.791. The summed E-state index contributed by atoms with van der Waals surface area (Å²) in [6.45, 7) is 4.18. The van der Waals surface area contributed by atoms with E-state index in [4.69, 9.17) is 0 Å². The Hall–Kier alpha value is -1.27. The zero-order valence-electron chi connectivity index (χ0n) is 10.3. The van der Waals surface area contributed by atoms with Crippen LogP contribution in [0, 0.1) is 12.7 Å². The molecule has 0 aromatic carbocycles. The quantitative estimate of drug-likeness (QED) is 0.758. The molecule has 1 aliphatic rings. The van der Waals surface area contributed by atoms with E-state index >= 15 is 0 Å². The van der Waals surface area contributed by atoms with Crippen molar-refractivity contribution in [2.45, 2.75) is 13.0 Å². The third kappa shape index (κ3) is 2.37. The molecule has 2 rings (SSSR count). The predicted molar refractivity (Wildman–Crippen MR) is 62.4 cm³/mol. The molecule has 1 aliphatic heterocycles. The van der Waals surface area contributed by atoms with E-state index in [9.17, 15) is 9.18 Å². The Bertz CT molecular complexity index is 473. The van der Waals surface area contributed by atoms with Gasteiger partial charge in [-0.3, -0.25) is 9.69 Å². The molecule has 0 radical (unpaired) electrons. The lowest BCUT2D eigenvalue weighted by Gasteiger charge is -2.36.